The van der Waals surface area contributed by atoms with Crippen LogP contribution in [0.3, 0.4) is 0 Å². The van der Waals surface area contributed by atoms with Gasteiger partial charge in [0.05, 0.1) is 28.0 Å². The van der Waals surface area contributed by atoms with Gasteiger partial charge in [-0.1, -0.05) is 18.5 Å². The van der Waals surface area contributed by atoms with E-state index in [4.69, 9.17) is 11.6 Å². The van der Waals surface area contributed by atoms with Gasteiger partial charge in [-0.05, 0) is 31.4 Å². The van der Waals surface area contributed by atoms with Crippen molar-refractivity contribution in [2.24, 2.45) is 0 Å². The first-order valence-corrected chi connectivity index (χ1v) is 9.49. The molecule has 1 aliphatic heterocycles. The summed E-state index contributed by atoms with van der Waals surface area (Å²) in [6.45, 7) is 4.05. The summed E-state index contributed by atoms with van der Waals surface area (Å²) in [5.74, 6) is 0.350. The highest BCUT2D eigenvalue weighted by atomic mass is 35.5. The van der Waals surface area contributed by atoms with E-state index in [1.165, 1.54) is 0 Å². The zero-order valence-electron chi connectivity index (χ0n) is 13.7. The number of amides is 2. The van der Waals surface area contributed by atoms with E-state index >= 15 is 0 Å². The number of piperidine rings is 1. The minimum atomic E-state index is -0.0382. The number of aromatic nitrogens is 2. The number of rotatable bonds is 4. The lowest BCUT2D eigenvalue weighted by Gasteiger charge is -2.31. The number of carbonyl (C=O) groups is 1. The van der Waals surface area contributed by atoms with Gasteiger partial charge in [-0.2, -0.15) is 0 Å². The highest BCUT2D eigenvalue weighted by molar-refractivity contribution is 7.09. The van der Waals surface area contributed by atoms with Crippen LogP contribution in [0.4, 0.5) is 4.79 Å². The fourth-order valence-electron chi connectivity index (χ4n) is 2.82. The first-order valence-electron chi connectivity index (χ1n) is 8.23. The van der Waals surface area contributed by atoms with Gasteiger partial charge in [0.15, 0.2) is 0 Å². The van der Waals surface area contributed by atoms with Crippen molar-refractivity contribution < 1.29 is 4.79 Å². The van der Waals surface area contributed by atoms with Crippen LogP contribution in [-0.2, 0) is 13.0 Å². The molecule has 0 radical (unpaired) electrons. The second kappa shape index (κ2) is 7.94. The number of urea groups is 1. The summed E-state index contributed by atoms with van der Waals surface area (Å²) < 4.78 is 0. The van der Waals surface area contributed by atoms with E-state index in [2.05, 4.69) is 27.6 Å². The number of hydrogen-bond donors (Lipinski definition) is 1. The fourth-order valence-corrected chi connectivity index (χ4v) is 3.97. The normalized spacial score (nSPS) is 17.8. The summed E-state index contributed by atoms with van der Waals surface area (Å²) in [5, 5.41) is 6.82. The third-order valence-electron chi connectivity index (χ3n) is 4.20. The van der Waals surface area contributed by atoms with Gasteiger partial charge in [-0.25, -0.2) is 9.78 Å². The molecule has 1 saturated heterocycles. The molecule has 0 aliphatic carbocycles. The van der Waals surface area contributed by atoms with Gasteiger partial charge in [0, 0.05) is 30.6 Å². The van der Waals surface area contributed by atoms with Crippen LogP contribution in [0, 0.1) is 0 Å². The van der Waals surface area contributed by atoms with Gasteiger partial charge in [0.25, 0.3) is 0 Å². The second-order valence-corrected chi connectivity index (χ2v) is 7.27. The van der Waals surface area contributed by atoms with Crippen LogP contribution in [0.1, 0.15) is 42.1 Å². The van der Waals surface area contributed by atoms with Gasteiger partial charge in [-0.3, -0.25) is 4.98 Å². The van der Waals surface area contributed by atoms with E-state index < -0.39 is 0 Å². The molecule has 0 aromatic carbocycles. The monoisotopic (exact) mass is 364 g/mol. The van der Waals surface area contributed by atoms with Gasteiger partial charge in [0.2, 0.25) is 0 Å². The van der Waals surface area contributed by atoms with Crippen LogP contribution in [0.2, 0.25) is 5.02 Å². The summed E-state index contributed by atoms with van der Waals surface area (Å²) in [6, 6.07) is 3.56. The number of nitrogens with one attached hydrogen (secondary N) is 1. The molecule has 1 aliphatic rings. The Morgan fingerprint density at radius 3 is 3.04 bits per heavy atom. The molecule has 24 heavy (non-hydrogen) atoms. The van der Waals surface area contributed by atoms with Crippen molar-refractivity contribution in [2.45, 2.75) is 38.6 Å². The number of hydrogen-bond acceptors (Lipinski definition) is 4. The maximum Gasteiger partial charge on any atom is 0.317 e. The average Bonchev–Trinajstić information content (AvgIpc) is 3.10. The highest BCUT2D eigenvalue weighted by Gasteiger charge is 2.26. The molecule has 3 rings (SSSR count). The maximum atomic E-state index is 12.4. The summed E-state index contributed by atoms with van der Waals surface area (Å²) in [4.78, 5) is 23.2. The number of halogens is 1. The van der Waals surface area contributed by atoms with Gasteiger partial charge >= 0.3 is 6.03 Å². The molecule has 1 atom stereocenters. The smallest absolute Gasteiger partial charge is 0.317 e. The number of carbonyl (C=O) groups excluding carboxylic acids is 1. The van der Waals surface area contributed by atoms with E-state index in [0.29, 0.717) is 17.5 Å². The highest BCUT2D eigenvalue weighted by Crippen LogP contribution is 2.29. The fraction of sp³-hybridized carbons (Fsp3) is 0.471. The first-order chi connectivity index (χ1) is 11.7. The van der Waals surface area contributed by atoms with Crippen LogP contribution < -0.4 is 5.32 Å². The van der Waals surface area contributed by atoms with Gasteiger partial charge in [-0.15, -0.1) is 11.3 Å². The number of likely N-dealkylation sites (tertiary alicyclic amines) is 1. The van der Waals surface area contributed by atoms with Crippen LogP contribution in [0.5, 0.6) is 0 Å². The Kier molecular flexibility index (Phi) is 5.68. The average molecular weight is 365 g/mol. The summed E-state index contributed by atoms with van der Waals surface area (Å²) in [5.41, 5.74) is 1.94. The summed E-state index contributed by atoms with van der Waals surface area (Å²) in [7, 11) is 0. The lowest BCUT2D eigenvalue weighted by molar-refractivity contribution is 0.179. The number of aryl methyl sites for hydroxylation is 1. The number of thiazole rings is 1. The zero-order chi connectivity index (χ0) is 16.9. The molecule has 0 saturated carbocycles. The molecule has 2 aromatic rings. The summed E-state index contributed by atoms with van der Waals surface area (Å²) >= 11 is 7.53. The lowest BCUT2D eigenvalue weighted by Crippen LogP contribution is -2.44. The van der Waals surface area contributed by atoms with Crippen LogP contribution in [-0.4, -0.2) is 34.0 Å². The molecular weight excluding hydrogens is 344 g/mol. The first kappa shape index (κ1) is 17.2. The number of pyridine rings is 1. The Morgan fingerprint density at radius 1 is 1.46 bits per heavy atom. The number of nitrogens with zero attached hydrogens (tertiary/aromatic N) is 3. The third kappa shape index (κ3) is 4.24. The van der Waals surface area contributed by atoms with Crippen molar-refractivity contribution in [1.82, 2.24) is 20.2 Å². The molecule has 5 nitrogen and oxygen atoms in total. The topological polar surface area (TPSA) is 58.1 Å². The SMILES string of the molecule is CCc1csc(C2CCCN(C(=O)NCc3ccc(Cl)cn3)C2)n1. The molecule has 3 heterocycles. The Balaban J connectivity index is 1.55. The molecule has 2 amide bonds. The lowest BCUT2D eigenvalue weighted by atomic mass is 9.99. The van der Waals surface area contributed by atoms with Crippen molar-refractivity contribution >= 4 is 29.0 Å². The predicted molar refractivity (Wildman–Crippen MR) is 96.5 cm³/mol. The standard InChI is InChI=1S/C17H21ClN4OS/c1-2-14-11-24-16(21-14)12-4-3-7-22(10-12)17(23)20-9-15-6-5-13(18)8-19-15/h5-6,8,11-12H,2-4,7,9-10H2,1H3,(H,20,23). The molecule has 0 spiro atoms. The van der Waals surface area contributed by atoms with Crippen molar-refractivity contribution in [3.63, 3.8) is 0 Å². The maximum absolute atomic E-state index is 12.4. The Hall–Kier alpha value is -1.66. The minimum Gasteiger partial charge on any atom is -0.332 e. The van der Waals surface area contributed by atoms with E-state index in [1.807, 2.05) is 11.0 Å². The molecule has 1 fully saturated rings. The van der Waals surface area contributed by atoms with Crippen LogP contribution >= 0.6 is 22.9 Å². The van der Waals surface area contributed by atoms with Crippen molar-refractivity contribution in [2.75, 3.05) is 13.1 Å². The molecular formula is C17H21ClN4OS. The summed E-state index contributed by atoms with van der Waals surface area (Å²) in [6.07, 6.45) is 4.66. The van der Waals surface area contributed by atoms with E-state index in [0.717, 1.165) is 48.7 Å². The van der Waals surface area contributed by atoms with E-state index in [1.54, 1.807) is 23.6 Å². The van der Waals surface area contributed by atoms with E-state index in [9.17, 15) is 4.79 Å². The quantitative estimate of drug-likeness (QED) is 0.896. The molecule has 1 N–H and O–H groups in total. The van der Waals surface area contributed by atoms with Gasteiger partial charge < -0.3 is 10.2 Å². The van der Waals surface area contributed by atoms with Crippen molar-refractivity contribution in [3.05, 3.63) is 45.1 Å². The van der Waals surface area contributed by atoms with E-state index in [-0.39, 0.29) is 6.03 Å². The second-order valence-electron chi connectivity index (χ2n) is 5.94. The van der Waals surface area contributed by atoms with Crippen molar-refractivity contribution in [3.8, 4) is 0 Å². The van der Waals surface area contributed by atoms with Crippen molar-refractivity contribution in [1.29, 1.82) is 0 Å². The predicted octanol–water partition coefficient (Wildman–Crippen LogP) is 3.84. The Labute approximate surface area is 151 Å². The largest absolute Gasteiger partial charge is 0.332 e. The van der Waals surface area contributed by atoms with Crippen LogP contribution in [0.15, 0.2) is 23.7 Å². The molecule has 0 bridgehead atoms. The minimum absolute atomic E-state index is 0.0382. The molecule has 128 valence electrons. The Bertz CT molecular complexity index is 688. The molecule has 1 unspecified atom stereocenters. The zero-order valence-corrected chi connectivity index (χ0v) is 15.2. The molecule has 2 aromatic heterocycles. The Morgan fingerprint density at radius 2 is 2.33 bits per heavy atom. The van der Waals surface area contributed by atoms with Gasteiger partial charge in [0.1, 0.15) is 0 Å². The molecule has 7 heteroatoms. The van der Waals surface area contributed by atoms with Crippen LogP contribution in [0.25, 0.3) is 0 Å². The third-order valence-corrected chi connectivity index (χ3v) is 5.48.